The zero-order chi connectivity index (χ0) is 30.4. The smallest absolute Gasteiger partial charge is 0.394 e. The molecule has 2 aromatic carbocycles. The van der Waals surface area contributed by atoms with E-state index in [-0.39, 0.29) is 30.7 Å². The maximum Gasteiger partial charge on any atom is 0.422 e. The van der Waals surface area contributed by atoms with Gasteiger partial charge in [-0.25, -0.2) is 0 Å². The minimum Gasteiger partial charge on any atom is -0.394 e. The topological polar surface area (TPSA) is 75.0 Å². The average Bonchev–Trinajstić information content (AvgIpc) is 3.62. The Bertz CT molecular complexity index is 1600. The van der Waals surface area contributed by atoms with E-state index in [2.05, 4.69) is 0 Å². The number of hydrogen-bond donors (Lipinski definition) is 1. The van der Waals surface area contributed by atoms with Crippen molar-refractivity contribution in [1.82, 2.24) is 9.47 Å². The van der Waals surface area contributed by atoms with Gasteiger partial charge in [0.15, 0.2) is 5.60 Å². The molecule has 2 aliphatic heterocycles. The Balaban J connectivity index is 1.39. The summed E-state index contributed by atoms with van der Waals surface area (Å²) >= 11 is 0. The van der Waals surface area contributed by atoms with Gasteiger partial charge in [-0.1, -0.05) is 60.7 Å². The maximum atomic E-state index is 14.8. The van der Waals surface area contributed by atoms with E-state index in [1.54, 1.807) is 59.5 Å². The van der Waals surface area contributed by atoms with Gasteiger partial charge >= 0.3 is 6.18 Å². The number of aromatic nitrogens is 1. The number of carbonyl (C=O) groups excluding carboxylic acids is 2. The number of carbonyl (C=O) groups is 2. The molecule has 1 saturated heterocycles. The number of likely N-dealkylation sites (tertiary alicyclic amines) is 1. The van der Waals surface area contributed by atoms with Gasteiger partial charge in [0, 0.05) is 36.5 Å². The Hall–Kier alpha value is -4.15. The van der Waals surface area contributed by atoms with Gasteiger partial charge in [-0.2, -0.15) is 13.2 Å². The third-order valence-electron chi connectivity index (χ3n) is 8.80. The molecular formula is C33H32F3N3O4. The van der Waals surface area contributed by atoms with Crippen molar-refractivity contribution in [3.8, 4) is 0 Å². The lowest BCUT2D eigenvalue weighted by atomic mass is 9.76. The maximum absolute atomic E-state index is 14.8. The van der Waals surface area contributed by atoms with Crippen LogP contribution in [-0.2, 0) is 22.6 Å². The SMILES string of the molecule is COC1(C(F)(F)F)C=C(C(=O)N2Cc3ccc(C(=O)N4CCC[C@H]4CO)n3Cc3ccccc32)C=CC1c1ccccc1. The number of benzene rings is 2. The van der Waals surface area contributed by atoms with Crippen molar-refractivity contribution < 1.29 is 32.6 Å². The normalized spacial score (nSPS) is 23.4. The van der Waals surface area contributed by atoms with Crippen LogP contribution in [0.15, 0.2) is 90.5 Å². The fourth-order valence-corrected chi connectivity index (χ4v) is 6.55. The third-order valence-corrected chi connectivity index (χ3v) is 8.80. The lowest BCUT2D eigenvalue weighted by molar-refractivity contribution is -0.254. The zero-order valence-electron chi connectivity index (χ0n) is 23.6. The molecule has 224 valence electrons. The highest BCUT2D eigenvalue weighted by Crippen LogP contribution is 2.48. The largest absolute Gasteiger partial charge is 0.422 e. The Kier molecular flexibility index (Phi) is 7.52. The number of para-hydroxylation sites is 1. The summed E-state index contributed by atoms with van der Waals surface area (Å²) in [6.07, 6.45) is 0.446. The minimum atomic E-state index is -4.82. The van der Waals surface area contributed by atoms with E-state index < -0.39 is 23.6 Å². The number of halogens is 3. The zero-order valence-corrected chi connectivity index (χ0v) is 23.6. The van der Waals surface area contributed by atoms with Gasteiger partial charge in [-0.05, 0) is 48.2 Å². The second kappa shape index (κ2) is 11.2. The molecule has 2 unspecified atom stereocenters. The molecule has 2 amide bonds. The number of fused-ring (bicyclic) bond motifs is 2. The van der Waals surface area contributed by atoms with Crippen LogP contribution in [0.3, 0.4) is 0 Å². The number of hydrogen-bond acceptors (Lipinski definition) is 4. The predicted octanol–water partition coefficient (Wildman–Crippen LogP) is 5.21. The van der Waals surface area contributed by atoms with Gasteiger partial charge in [0.05, 0.1) is 25.7 Å². The van der Waals surface area contributed by atoms with Gasteiger partial charge in [0.25, 0.3) is 11.8 Å². The van der Waals surface area contributed by atoms with Gasteiger partial charge in [0.1, 0.15) is 5.69 Å². The number of alkyl halides is 3. The lowest BCUT2D eigenvalue weighted by Gasteiger charge is -2.40. The van der Waals surface area contributed by atoms with Crippen LogP contribution in [0.25, 0.3) is 0 Å². The van der Waals surface area contributed by atoms with Crippen molar-refractivity contribution in [2.75, 3.05) is 25.2 Å². The van der Waals surface area contributed by atoms with E-state index >= 15 is 0 Å². The van der Waals surface area contributed by atoms with E-state index in [1.807, 2.05) is 16.7 Å². The van der Waals surface area contributed by atoms with E-state index in [0.717, 1.165) is 31.6 Å². The summed E-state index contributed by atoms with van der Waals surface area (Å²) in [5.74, 6) is -1.99. The van der Waals surface area contributed by atoms with E-state index in [1.165, 1.54) is 17.1 Å². The second-order valence-corrected chi connectivity index (χ2v) is 11.1. The second-order valence-electron chi connectivity index (χ2n) is 11.1. The highest BCUT2D eigenvalue weighted by atomic mass is 19.4. The number of ether oxygens (including phenoxy) is 1. The first-order valence-corrected chi connectivity index (χ1v) is 14.3. The summed E-state index contributed by atoms with van der Waals surface area (Å²) in [6, 6.07) is 18.7. The number of rotatable bonds is 5. The van der Waals surface area contributed by atoms with E-state index in [9.17, 15) is 27.9 Å². The van der Waals surface area contributed by atoms with Gasteiger partial charge in [-0.3, -0.25) is 9.59 Å². The Labute approximate surface area is 247 Å². The molecule has 0 saturated carbocycles. The molecular weight excluding hydrogens is 559 g/mol. The molecule has 1 fully saturated rings. The van der Waals surface area contributed by atoms with Crippen LogP contribution in [0.4, 0.5) is 18.9 Å². The first-order valence-electron chi connectivity index (χ1n) is 14.3. The summed E-state index contributed by atoms with van der Waals surface area (Å²) in [6.45, 7) is 0.790. The molecule has 0 bridgehead atoms. The number of amides is 2. The molecule has 43 heavy (non-hydrogen) atoms. The summed E-state index contributed by atoms with van der Waals surface area (Å²) in [5, 5.41) is 9.77. The van der Waals surface area contributed by atoms with Crippen LogP contribution in [0.1, 0.15) is 46.1 Å². The first-order chi connectivity index (χ1) is 20.7. The van der Waals surface area contributed by atoms with Gasteiger partial charge < -0.3 is 24.2 Å². The van der Waals surface area contributed by atoms with Crippen LogP contribution in [0, 0.1) is 0 Å². The van der Waals surface area contributed by atoms with Gasteiger partial charge in [0.2, 0.25) is 0 Å². The molecule has 0 radical (unpaired) electrons. The Morgan fingerprint density at radius 3 is 2.47 bits per heavy atom. The van der Waals surface area contributed by atoms with Crippen molar-refractivity contribution in [3.05, 3.63) is 113 Å². The van der Waals surface area contributed by atoms with Crippen LogP contribution in [-0.4, -0.2) is 64.5 Å². The Morgan fingerprint density at radius 1 is 1.00 bits per heavy atom. The number of nitrogens with zero attached hydrogens (tertiary/aromatic N) is 3. The first kappa shape index (κ1) is 28.9. The molecule has 7 nitrogen and oxygen atoms in total. The average molecular weight is 592 g/mol. The van der Waals surface area contributed by atoms with Crippen LogP contribution >= 0.6 is 0 Å². The standard InChI is InChI=1S/C33H32F3N3O4/c1-43-32(33(34,35)36)18-23(13-15-27(32)22-8-3-2-4-9-22)30(41)39-20-25-14-16-29(31(42)37-17-7-11-26(37)21-40)38(25)19-24-10-5-6-12-28(24)39/h2-6,8-10,12-16,18,26-27,40H,7,11,17,19-21H2,1H3/t26-,27?,32?/m0/s1. The fourth-order valence-electron chi connectivity index (χ4n) is 6.55. The molecule has 1 aromatic heterocycles. The summed E-state index contributed by atoms with van der Waals surface area (Å²) in [4.78, 5) is 30.9. The molecule has 1 N–H and O–H groups in total. The summed E-state index contributed by atoms with van der Waals surface area (Å²) in [5.41, 5.74) is -0.0630. The fraction of sp³-hybridized carbons (Fsp3) is 0.333. The van der Waals surface area contributed by atoms with E-state index in [4.69, 9.17) is 4.74 Å². The summed E-state index contributed by atoms with van der Waals surface area (Å²) < 4.78 is 51.5. The Morgan fingerprint density at radius 2 is 1.74 bits per heavy atom. The quantitative estimate of drug-likeness (QED) is 0.443. The molecule has 1 aliphatic carbocycles. The number of methoxy groups -OCH3 is 1. The van der Waals surface area contributed by atoms with Crippen LogP contribution in [0.2, 0.25) is 0 Å². The molecule has 10 heteroatoms. The molecule has 3 heterocycles. The van der Waals surface area contributed by atoms with Crippen molar-refractivity contribution in [2.24, 2.45) is 0 Å². The van der Waals surface area contributed by atoms with Crippen molar-refractivity contribution in [3.63, 3.8) is 0 Å². The van der Waals surface area contributed by atoms with Crippen LogP contribution < -0.4 is 4.90 Å². The summed E-state index contributed by atoms with van der Waals surface area (Å²) in [7, 11) is 1.01. The molecule has 3 atom stereocenters. The molecule has 3 aromatic rings. The third kappa shape index (κ3) is 4.88. The highest BCUT2D eigenvalue weighted by Gasteiger charge is 2.60. The predicted molar refractivity (Wildman–Crippen MR) is 155 cm³/mol. The molecule has 6 rings (SSSR count). The number of aliphatic hydroxyl groups is 1. The molecule has 3 aliphatic rings. The van der Waals surface area contributed by atoms with Crippen molar-refractivity contribution >= 4 is 17.5 Å². The van der Waals surface area contributed by atoms with E-state index in [0.29, 0.717) is 35.7 Å². The highest BCUT2D eigenvalue weighted by molar-refractivity contribution is 6.08. The monoisotopic (exact) mass is 591 g/mol. The van der Waals surface area contributed by atoms with Crippen molar-refractivity contribution in [2.45, 2.75) is 49.7 Å². The number of anilines is 1. The lowest BCUT2D eigenvalue weighted by Crippen LogP contribution is -2.51. The van der Waals surface area contributed by atoms with Gasteiger partial charge in [-0.15, -0.1) is 0 Å². The molecule has 0 spiro atoms. The minimum absolute atomic E-state index is 0.0475. The van der Waals surface area contributed by atoms with Crippen LogP contribution in [0.5, 0.6) is 0 Å². The number of aliphatic hydroxyl groups excluding tert-OH is 1. The van der Waals surface area contributed by atoms with Crippen molar-refractivity contribution in [1.29, 1.82) is 0 Å².